The summed E-state index contributed by atoms with van der Waals surface area (Å²) < 4.78 is 0. The molecule has 0 saturated heterocycles. The quantitative estimate of drug-likeness (QED) is 0.870. The van der Waals surface area contributed by atoms with Gasteiger partial charge in [0.25, 0.3) is 0 Å². The van der Waals surface area contributed by atoms with Crippen LogP contribution >= 0.6 is 24.2 Å². The largest absolute Gasteiger partial charge is 0.340 e. The third-order valence-corrected chi connectivity index (χ3v) is 4.92. The molecule has 3 nitrogen and oxygen atoms in total. The molecule has 1 saturated carbocycles. The van der Waals surface area contributed by atoms with Crippen LogP contribution in [0, 0.1) is 5.41 Å². The molecule has 1 fully saturated rings. The molecular formula is C13H27ClN2OS. The third kappa shape index (κ3) is 4.04. The van der Waals surface area contributed by atoms with Crippen molar-refractivity contribution in [2.75, 3.05) is 13.3 Å². The Morgan fingerprint density at radius 2 is 1.94 bits per heavy atom. The molecule has 0 radical (unpaired) electrons. The number of carbonyl (C=O) groups is 1. The molecule has 0 aromatic heterocycles. The normalized spacial score (nSPS) is 25.4. The summed E-state index contributed by atoms with van der Waals surface area (Å²) in [5.74, 6) is 0.0865. The zero-order valence-corrected chi connectivity index (χ0v) is 13.7. The number of carbonyl (C=O) groups excluding carboxylic acids is 1. The van der Waals surface area contributed by atoms with Crippen LogP contribution in [-0.4, -0.2) is 41.4 Å². The van der Waals surface area contributed by atoms with E-state index in [1.165, 1.54) is 12.8 Å². The second-order valence-electron chi connectivity index (χ2n) is 6.07. The van der Waals surface area contributed by atoms with E-state index in [2.05, 4.69) is 6.26 Å². The molecule has 1 amide bonds. The van der Waals surface area contributed by atoms with Crippen LogP contribution in [-0.2, 0) is 4.79 Å². The van der Waals surface area contributed by atoms with Gasteiger partial charge in [0.2, 0.25) is 5.91 Å². The molecule has 2 N–H and O–H groups in total. The van der Waals surface area contributed by atoms with E-state index >= 15 is 0 Å². The first-order chi connectivity index (χ1) is 7.79. The van der Waals surface area contributed by atoms with Crippen molar-refractivity contribution in [1.29, 1.82) is 0 Å². The number of nitrogens with zero attached hydrogens (tertiary/aromatic N) is 1. The maximum Gasteiger partial charge on any atom is 0.240 e. The Balaban J connectivity index is 0.00000289. The lowest BCUT2D eigenvalue weighted by atomic mass is 9.86. The van der Waals surface area contributed by atoms with E-state index < -0.39 is 6.04 Å². The lowest BCUT2D eigenvalue weighted by Crippen LogP contribution is -2.53. The van der Waals surface area contributed by atoms with E-state index in [0.717, 1.165) is 6.42 Å². The van der Waals surface area contributed by atoms with Gasteiger partial charge in [-0.05, 0) is 24.5 Å². The van der Waals surface area contributed by atoms with Crippen LogP contribution in [0.3, 0.4) is 0 Å². The van der Waals surface area contributed by atoms with Gasteiger partial charge in [0.05, 0.1) is 6.04 Å². The molecule has 5 heteroatoms. The van der Waals surface area contributed by atoms with Crippen molar-refractivity contribution in [2.45, 2.75) is 57.4 Å². The van der Waals surface area contributed by atoms with E-state index in [1.807, 2.05) is 44.5 Å². The van der Waals surface area contributed by atoms with Crippen molar-refractivity contribution in [2.24, 2.45) is 11.1 Å². The molecular weight excluding hydrogens is 268 g/mol. The summed E-state index contributed by atoms with van der Waals surface area (Å²) in [5, 5.41) is 0.580. The second-order valence-corrected chi connectivity index (χ2v) is 7.14. The highest BCUT2D eigenvalue weighted by Crippen LogP contribution is 2.32. The average Bonchev–Trinajstić information content (AvgIpc) is 2.72. The van der Waals surface area contributed by atoms with E-state index in [4.69, 9.17) is 5.73 Å². The van der Waals surface area contributed by atoms with Crippen LogP contribution in [0.1, 0.15) is 40.0 Å². The van der Waals surface area contributed by atoms with Gasteiger partial charge in [-0.25, -0.2) is 0 Å². The summed E-state index contributed by atoms with van der Waals surface area (Å²) in [6.45, 7) is 6.05. The number of hydrogen-bond donors (Lipinski definition) is 1. The Morgan fingerprint density at radius 1 is 1.39 bits per heavy atom. The Kier molecular flexibility index (Phi) is 7.04. The van der Waals surface area contributed by atoms with Gasteiger partial charge in [0.1, 0.15) is 0 Å². The number of likely N-dealkylation sites (N-methyl/N-ethyl adjacent to an activating group) is 1. The Hall–Kier alpha value is 0.0700. The van der Waals surface area contributed by atoms with Crippen molar-refractivity contribution in [1.82, 2.24) is 4.90 Å². The molecule has 0 bridgehead atoms. The first-order valence-electron chi connectivity index (χ1n) is 6.34. The van der Waals surface area contributed by atoms with Gasteiger partial charge in [-0.1, -0.05) is 27.2 Å². The molecule has 0 aromatic carbocycles. The smallest absolute Gasteiger partial charge is 0.240 e. The number of amides is 1. The highest BCUT2D eigenvalue weighted by molar-refractivity contribution is 7.99. The second kappa shape index (κ2) is 7.01. The molecule has 0 aromatic rings. The zero-order valence-electron chi connectivity index (χ0n) is 12.1. The molecule has 2 unspecified atom stereocenters. The summed E-state index contributed by atoms with van der Waals surface area (Å²) in [4.78, 5) is 14.2. The molecule has 18 heavy (non-hydrogen) atoms. The van der Waals surface area contributed by atoms with Crippen LogP contribution in [0.5, 0.6) is 0 Å². The van der Waals surface area contributed by atoms with E-state index in [-0.39, 0.29) is 23.7 Å². The Morgan fingerprint density at radius 3 is 2.39 bits per heavy atom. The van der Waals surface area contributed by atoms with Crippen LogP contribution in [0.2, 0.25) is 0 Å². The van der Waals surface area contributed by atoms with Gasteiger partial charge in [-0.2, -0.15) is 11.8 Å². The standard InChI is InChI=1S/C13H26N2OS.ClH/c1-13(2,3)11(14)12(16)15(4)9-7-6-8-10(9)17-5;/h9-11H,6-8,14H2,1-5H3;1H/t9?,10?,11-;/m1./s1. The minimum atomic E-state index is -0.407. The van der Waals surface area contributed by atoms with Crippen molar-refractivity contribution in [3.05, 3.63) is 0 Å². The van der Waals surface area contributed by atoms with Gasteiger partial charge in [-0.15, -0.1) is 12.4 Å². The lowest BCUT2D eigenvalue weighted by molar-refractivity contribution is -0.135. The van der Waals surface area contributed by atoms with E-state index in [0.29, 0.717) is 11.3 Å². The number of thioether (sulfide) groups is 1. The number of hydrogen-bond acceptors (Lipinski definition) is 3. The van der Waals surface area contributed by atoms with Crippen molar-refractivity contribution >= 4 is 30.1 Å². The minimum absolute atomic E-state index is 0. The predicted octanol–water partition coefficient (Wildman–Crippen LogP) is 2.52. The van der Waals surface area contributed by atoms with Gasteiger partial charge in [0.15, 0.2) is 0 Å². The first-order valence-corrected chi connectivity index (χ1v) is 7.63. The maximum absolute atomic E-state index is 12.3. The highest BCUT2D eigenvalue weighted by Gasteiger charge is 2.36. The fourth-order valence-electron chi connectivity index (χ4n) is 2.38. The zero-order chi connectivity index (χ0) is 13.2. The highest BCUT2D eigenvalue weighted by atomic mass is 35.5. The molecule has 3 atom stereocenters. The molecule has 0 aliphatic heterocycles. The molecule has 0 heterocycles. The first kappa shape index (κ1) is 18.1. The predicted molar refractivity (Wildman–Crippen MR) is 82.4 cm³/mol. The van der Waals surface area contributed by atoms with Crippen LogP contribution in [0.25, 0.3) is 0 Å². The van der Waals surface area contributed by atoms with Gasteiger partial charge < -0.3 is 10.6 Å². The molecule has 1 rings (SSSR count). The third-order valence-electron chi connectivity index (χ3n) is 3.76. The summed E-state index contributed by atoms with van der Waals surface area (Å²) in [7, 11) is 1.91. The SMILES string of the molecule is CSC1CCCC1N(C)C(=O)[C@@H](N)C(C)(C)C.Cl. The number of nitrogens with two attached hydrogens (primary N) is 1. The molecule has 108 valence electrons. The number of halogens is 1. The lowest BCUT2D eigenvalue weighted by Gasteiger charge is -2.35. The van der Waals surface area contributed by atoms with E-state index in [9.17, 15) is 4.79 Å². The minimum Gasteiger partial charge on any atom is -0.340 e. The van der Waals surface area contributed by atoms with Crippen molar-refractivity contribution in [3.63, 3.8) is 0 Å². The van der Waals surface area contributed by atoms with Gasteiger partial charge >= 0.3 is 0 Å². The summed E-state index contributed by atoms with van der Waals surface area (Å²) >= 11 is 1.87. The molecule has 1 aliphatic rings. The maximum atomic E-state index is 12.3. The van der Waals surface area contributed by atoms with Crippen LogP contribution < -0.4 is 5.73 Å². The fourth-order valence-corrected chi connectivity index (χ4v) is 3.41. The Labute approximate surface area is 122 Å². The summed E-state index contributed by atoms with van der Waals surface area (Å²) in [5.41, 5.74) is 5.88. The molecule has 1 aliphatic carbocycles. The summed E-state index contributed by atoms with van der Waals surface area (Å²) in [6, 6.07) is -0.0403. The van der Waals surface area contributed by atoms with Gasteiger partial charge in [-0.3, -0.25) is 4.79 Å². The van der Waals surface area contributed by atoms with Crippen molar-refractivity contribution in [3.8, 4) is 0 Å². The van der Waals surface area contributed by atoms with Crippen LogP contribution in [0.4, 0.5) is 0 Å². The van der Waals surface area contributed by atoms with Crippen molar-refractivity contribution < 1.29 is 4.79 Å². The molecule has 0 spiro atoms. The number of rotatable bonds is 3. The Bertz CT molecular complexity index is 281. The van der Waals surface area contributed by atoms with Gasteiger partial charge in [0, 0.05) is 18.3 Å². The topological polar surface area (TPSA) is 46.3 Å². The summed E-state index contributed by atoms with van der Waals surface area (Å²) in [6.07, 6.45) is 5.68. The van der Waals surface area contributed by atoms with Crippen LogP contribution in [0.15, 0.2) is 0 Å². The average molecular weight is 295 g/mol. The monoisotopic (exact) mass is 294 g/mol. The fraction of sp³-hybridized carbons (Fsp3) is 0.923. The van der Waals surface area contributed by atoms with E-state index in [1.54, 1.807) is 0 Å².